The summed E-state index contributed by atoms with van der Waals surface area (Å²) in [4.78, 5) is 11.2. The SMILES string of the molecule is Cc1ccc(NCC(=O)NCC(F)(F)F)c(C)c1. The lowest BCUT2D eigenvalue weighted by molar-refractivity contribution is -0.137. The molecule has 0 bridgehead atoms. The summed E-state index contributed by atoms with van der Waals surface area (Å²) in [5.41, 5.74) is 2.76. The zero-order valence-electron chi connectivity index (χ0n) is 10.2. The van der Waals surface area contributed by atoms with Crippen molar-refractivity contribution in [2.24, 2.45) is 0 Å². The van der Waals surface area contributed by atoms with E-state index in [4.69, 9.17) is 0 Å². The van der Waals surface area contributed by atoms with Crippen LogP contribution in [0.5, 0.6) is 0 Å². The summed E-state index contributed by atoms with van der Waals surface area (Å²) in [6, 6.07) is 5.58. The molecule has 0 radical (unpaired) electrons. The van der Waals surface area contributed by atoms with Gasteiger partial charge in [0.05, 0.1) is 6.54 Å². The van der Waals surface area contributed by atoms with E-state index in [1.807, 2.05) is 26.0 Å². The molecule has 0 aliphatic carbocycles. The molecule has 0 saturated heterocycles. The number of nitrogens with one attached hydrogen (secondary N) is 2. The predicted octanol–water partition coefficient (Wildman–Crippen LogP) is 2.39. The first-order valence-electron chi connectivity index (χ1n) is 5.42. The van der Waals surface area contributed by atoms with Gasteiger partial charge >= 0.3 is 6.18 Å². The van der Waals surface area contributed by atoms with Crippen molar-refractivity contribution in [3.63, 3.8) is 0 Å². The van der Waals surface area contributed by atoms with Crippen LogP contribution in [-0.2, 0) is 4.79 Å². The molecule has 1 amide bonds. The molecule has 6 heteroatoms. The highest BCUT2D eigenvalue weighted by Gasteiger charge is 2.27. The van der Waals surface area contributed by atoms with Gasteiger partial charge in [0.15, 0.2) is 0 Å². The lowest BCUT2D eigenvalue weighted by atomic mass is 10.1. The Balaban J connectivity index is 2.43. The summed E-state index contributed by atoms with van der Waals surface area (Å²) in [5.74, 6) is -0.688. The van der Waals surface area contributed by atoms with Crippen LogP contribution in [0.3, 0.4) is 0 Å². The third-order valence-electron chi connectivity index (χ3n) is 2.31. The fraction of sp³-hybridized carbons (Fsp3) is 0.417. The smallest absolute Gasteiger partial charge is 0.376 e. The number of hydrogen-bond donors (Lipinski definition) is 2. The first kappa shape index (κ1) is 14.3. The number of amides is 1. The monoisotopic (exact) mass is 260 g/mol. The highest BCUT2D eigenvalue weighted by atomic mass is 19.4. The topological polar surface area (TPSA) is 41.1 Å². The number of benzene rings is 1. The van der Waals surface area contributed by atoms with Gasteiger partial charge in [-0.1, -0.05) is 17.7 Å². The molecule has 100 valence electrons. The van der Waals surface area contributed by atoms with E-state index in [1.54, 1.807) is 11.4 Å². The third kappa shape index (κ3) is 5.07. The lowest BCUT2D eigenvalue weighted by Crippen LogP contribution is -2.37. The fourth-order valence-electron chi connectivity index (χ4n) is 1.45. The molecule has 0 aliphatic heterocycles. The maximum Gasteiger partial charge on any atom is 0.405 e. The van der Waals surface area contributed by atoms with Crippen molar-refractivity contribution in [3.8, 4) is 0 Å². The average Bonchev–Trinajstić information content (AvgIpc) is 2.24. The second-order valence-electron chi connectivity index (χ2n) is 4.06. The van der Waals surface area contributed by atoms with Gasteiger partial charge in [0.25, 0.3) is 0 Å². The fourth-order valence-corrected chi connectivity index (χ4v) is 1.45. The van der Waals surface area contributed by atoms with E-state index < -0.39 is 18.6 Å². The minimum atomic E-state index is -4.38. The molecule has 1 aromatic rings. The van der Waals surface area contributed by atoms with Crippen LogP contribution in [0.2, 0.25) is 0 Å². The Hall–Kier alpha value is -1.72. The van der Waals surface area contributed by atoms with Crippen molar-refractivity contribution >= 4 is 11.6 Å². The normalized spacial score (nSPS) is 11.2. The predicted molar refractivity (Wildman–Crippen MR) is 63.5 cm³/mol. The third-order valence-corrected chi connectivity index (χ3v) is 2.31. The van der Waals surface area contributed by atoms with Crippen LogP contribution in [-0.4, -0.2) is 25.2 Å². The average molecular weight is 260 g/mol. The Kier molecular flexibility index (Phi) is 4.58. The summed E-state index contributed by atoms with van der Waals surface area (Å²) in [7, 11) is 0. The number of halogens is 3. The molecule has 0 heterocycles. The van der Waals surface area contributed by atoms with E-state index >= 15 is 0 Å². The second kappa shape index (κ2) is 5.75. The molecular weight excluding hydrogens is 245 g/mol. The Morgan fingerprint density at radius 1 is 1.28 bits per heavy atom. The maximum absolute atomic E-state index is 11.9. The molecule has 0 fully saturated rings. The van der Waals surface area contributed by atoms with E-state index in [2.05, 4.69) is 5.32 Å². The van der Waals surface area contributed by atoms with Crippen LogP contribution in [0.15, 0.2) is 18.2 Å². The highest BCUT2D eigenvalue weighted by Crippen LogP contribution is 2.15. The van der Waals surface area contributed by atoms with Gasteiger partial charge in [-0.3, -0.25) is 4.79 Å². The Morgan fingerprint density at radius 2 is 1.94 bits per heavy atom. The molecule has 0 aromatic heterocycles. The number of carbonyl (C=O) groups is 1. The van der Waals surface area contributed by atoms with Crippen molar-refractivity contribution < 1.29 is 18.0 Å². The number of rotatable bonds is 4. The van der Waals surface area contributed by atoms with Crippen molar-refractivity contribution in [1.82, 2.24) is 5.32 Å². The molecule has 1 aromatic carbocycles. The molecule has 1 rings (SSSR count). The molecule has 2 N–H and O–H groups in total. The Labute approximate surface area is 103 Å². The Morgan fingerprint density at radius 3 is 2.50 bits per heavy atom. The zero-order valence-corrected chi connectivity index (χ0v) is 10.2. The van der Waals surface area contributed by atoms with Gasteiger partial charge in [-0.05, 0) is 25.5 Å². The zero-order chi connectivity index (χ0) is 13.8. The van der Waals surface area contributed by atoms with Gasteiger partial charge < -0.3 is 10.6 Å². The molecule has 3 nitrogen and oxygen atoms in total. The first-order valence-corrected chi connectivity index (χ1v) is 5.42. The molecule has 0 unspecified atom stereocenters. The van der Waals surface area contributed by atoms with Crippen LogP contribution in [0.4, 0.5) is 18.9 Å². The van der Waals surface area contributed by atoms with E-state index in [1.165, 1.54) is 0 Å². The summed E-state index contributed by atoms with van der Waals surface area (Å²) in [6.07, 6.45) is -4.38. The summed E-state index contributed by atoms with van der Waals surface area (Å²) in [5, 5.41) is 4.59. The van der Waals surface area contributed by atoms with Gasteiger partial charge in [0.2, 0.25) is 5.91 Å². The largest absolute Gasteiger partial charge is 0.405 e. The van der Waals surface area contributed by atoms with Crippen molar-refractivity contribution in [3.05, 3.63) is 29.3 Å². The summed E-state index contributed by atoms with van der Waals surface area (Å²) in [6.45, 7) is 2.32. The van der Waals surface area contributed by atoms with Crippen molar-refractivity contribution in [2.75, 3.05) is 18.4 Å². The van der Waals surface area contributed by atoms with Crippen LogP contribution in [0.1, 0.15) is 11.1 Å². The van der Waals surface area contributed by atoms with E-state index in [-0.39, 0.29) is 6.54 Å². The van der Waals surface area contributed by atoms with Crippen LogP contribution in [0, 0.1) is 13.8 Å². The van der Waals surface area contributed by atoms with Gasteiger partial charge in [-0.25, -0.2) is 0 Å². The van der Waals surface area contributed by atoms with E-state index in [9.17, 15) is 18.0 Å². The number of aryl methyl sites for hydroxylation is 2. The molecule has 0 atom stereocenters. The molecular formula is C12H15F3N2O. The van der Waals surface area contributed by atoms with E-state index in [0.29, 0.717) is 0 Å². The second-order valence-corrected chi connectivity index (χ2v) is 4.06. The van der Waals surface area contributed by atoms with Crippen LogP contribution >= 0.6 is 0 Å². The number of carbonyl (C=O) groups excluding carboxylic acids is 1. The first-order chi connectivity index (χ1) is 8.28. The van der Waals surface area contributed by atoms with Crippen LogP contribution in [0.25, 0.3) is 0 Å². The maximum atomic E-state index is 11.9. The van der Waals surface area contributed by atoms with Gasteiger partial charge in [0, 0.05) is 5.69 Å². The van der Waals surface area contributed by atoms with E-state index in [0.717, 1.165) is 16.8 Å². The van der Waals surface area contributed by atoms with Gasteiger partial charge in [-0.2, -0.15) is 13.2 Å². The summed E-state index contributed by atoms with van der Waals surface area (Å²) < 4.78 is 35.6. The summed E-state index contributed by atoms with van der Waals surface area (Å²) >= 11 is 0. The minimum absolute atomic E-state index is 0.181. The molecule has 18 heavy (non-hydrogen) atoms. The van der Waals surface area contributed by atoms with Crippen molar-refractivity contribution in [1.29, 1.82) is 0 Å². The quantitative estimate of drug-likeness (QED) is 0.872. The standard InChI is InChI=1S/C12H15F3N2O/c1-8-3-4-10(9(2)5-8)16-6-11(18)17-7-12(13,14)15/h3-5,16H,6-7H2,1-2H3,(H,17,18). The number of hydrogen-bond acceptors (Lipinski definition) is 2. The molecule has 0 aliphatic rings. The van der Waals surface area contributed by atoms with Crippen molar-refractivity contribution in [2.45, 2.75) is 20.0 Å². The van der Waals surface area contributed by atoms with Gasteiger partial charge in [-0.15, -0.1) is 0 Å². The molecule has 0 spiro atoms. The highest BCUT2D eigenvalue weighted by molar-refractivity contribution is 5.81. The lowest BCUT2D eigenvalue weighted by Gasteiger charge is -2.11. The molecule has 0 saturated carbocycles. The minimum Gasteiger partial charge on any atom is -0.376 e. The number of alkyl halides is 3. The Bertz CT molecular complexity index is 430. The van der Waals surface area contributed by atoms with Gasteiger partial charge in [0.1, 0.15) is 6.54 Å². The number of anilines is 1. The van der Waals surface area contributed by atoms with Crippen LogP contribution < -0.4 is 10.6 Å².